The molecule has 8 heteroatoms. The molecule has 0 aromatic rings. The lowest BCUT2D eigenvalue weighted by atomic mass is 10.2. The quantitative estimate of drug-likeness (QED) is 0.720. The maximum Gasteiger partial charge on any atom is 0.334 e. The summed E-state index contributed by atoms with van der Waals surface area (Å²) in [4.78, 5) is 24.0. The van der Waals surface area contributed by atoms with Crippen molar-refractivity contribution in [1.29, 1.82) is 0 Å². The third kappa shape index (κ3) is 3.42. The lowest BCUT2D eigenvalue weighted by Crippen LogP contribution is -2.54. The number of aliphatic carboxylic acids is 1. The van der Waals surface area contributed by atoms with Crippen LogP contribution in [-0.2, 0) is 24.2 Å². The predicted octanol–water partition coefficient (Wildman–Crippen LogP) is -0.880. The first-order valence-corrected chi connectivity index (χ1v) is 7.44. The van der Waals surface area contributed by atoms with E-state index in [-0.39, 0.29) is 13.1 Å². The zero-order valence-electron chi connectivity index (χ0n) is 10.5. The number of hydrogen-bond acceptors (Lipinski definition) is 5. The normalized spacial score (nSPS) is 26.7. The second kappa shape index (κ2) is 5.23. The van der Waals surface area contributed by atoms with Gasteiger partial charge in [-0.15, -0.1) is 0 Å². The number of ether oxygens (including phenoxy) is 1. The highest BCUT2D eigenvalue weighted by molar-refractivity contribution is 7.92. The van der Waals surface area contributed by atoms with Crippen LogP contribution in [0.3, 0.4) is 0 Å². The topological polar surface area (TPSA) is 101 Å². The fraction of sp³-hybridized carbons (Fsp3) is 0.800. The van der Waals surface area contributed by atoms with Gasteiger partial charge < -0.3 is 14.7 Å². The first kappa shape index (κ1) is 14.9. The molecule has 1 amide bonds. The van der Waals surface area contributed by atoms with Gasteiger partial charge in [-0.2, -0.15) is 0 Å². The van der Waals surface area contributed by atoms with E-state index in [2.05, 4.69) is 0 Å². The Labute approximate surface area is 106 Å². The Morgan fingerprint density at radius 1 is 1.39 bits per heavy atom. The number of carboxylic acid groups (broad SMARTS) is 1. The maximum absolute atomic E-state index is 12.0. The molecule has 0 aromatic carbocycles. The third-order valence-electron chi connectivity index (χ3n) is 2.84. The number of amides is 1. The predicted molar refractivity (Wildman–Crippen MR) is 62.9 cm³/mol. The van der Waals surface area contributed by atoms with Gasteiger partial charge in [-0.05, 0) is 13.8 Å². The van der Waals surface area contributed by atoms with E-state index in [0.717, 1.165) is 6.26 Å². The van der Waals surface area contributed by atoms with Crippen LogP contribution in [0.4, 0.5) is 0 Å². The molecule has 0 aliphatic carbocycles. The summed E-state index contributed by atoms with van der Waals surface area (Å²) in [5.74, 6) is -1.75. The number of morpholine rings is 1. The van der Waals surface area contributed by atoms with E-state index in [4.69, 9.17) is 9.84 Å². The van der Waals surface area contributed by atoms with Crippen molar-refractivity contribution in [3.63, 3.8) is 0 Å². The molecule has 18 heavy (non-hydrogen) atoms. The van der Waals surface area contributed by atoms with Crippen LogP contribution >= 0.6 is 0 Å². The van der Waals surface area contributed by atoms with Gasteiger partial charge in [0.25, 0.3) is 0 Å². The van der Waals surface area contributed by atoms with Gasteiger partial charge in [0.15, 0.2) is 15.9 Å². The lowest BCUT2D eigenvalue weighted by molar-refractivity contribution is -0.166. The van der Waals surface area contributed by atoms with Gasteiger partial charge in [0, 0.05) is 12.8 Å². The highest BCUT2D eigenvalue weighted by Gasteiger charge is 2.36. The minimum atomic E-state index is -3.49. The van der Waals surface area contributed by atoms with Crippen molar-refractivity contribution in [3.8, 4) is 0 Å². The molecular formula is C10H17NO6S. The molecule has 2 unspecified atom stereocenters. The molecule has 0 spiro atoms. The van der Waals surface area contributed by atoms with Crippen molar-refractivity contribution in [2.75, 3.05) is 19.3 Å². The number of nitrogens with zero attached hydrogens (tertiary/aromatic N) is 1. The molecule has 3 atom stereocenters. The van der Waals surface area contributed by atoms with Gasteiger partial charge in [-0.25, -0.2) is 13.2 Å². The van der Waals surface area contributed by atoms with E-state index in [1.165, 1.54) is 11.8 Å². The van der Waals surface area contributed by atoms with Crippen molar-refractivity contribution in [2.24, 2.45) is 0 Å². The fourth-order valence-electron chi connectivity index (χ4n) is 1.71. The minimum Gasteiger partial charge on any atom is -0.479 e. The summed E-state index contributed by atoms with van der Waals surface area (Å²) in [6, 6.07) is 0. The smallest absolute Gasteiger partial charge is 0.334 e. The van der Waals surface area contributed by atoms with Crippen molar-refractivity contribution in [2.45, 2.75) is 31.3 Å². The Bertz CT molecular complexity index is 445. The number of sulfone groups is 1. The number of carbonyl (C=O) groups is 2. The summed E-state index contributed by atoms with van der Waals surface area (Å²) < 4.78 is 27.8. The Morgan fingerprint density at radius 2 is 1.94 bits per heavy atom. The number of rotatable bonds is 3. The summed E-state index contributed by atoms with van der Waals surface area (Å²) in [6.45, 7) is 3.01. The number of carbonyl (C=O) groups excluding carboxylic acids is 1. The molecule has 1 aliphatic rings. The number of hydrogen-bond donors (Lipinski definition) is 1. The molecule has 1 heterocycles. The molecule has 0 saturated carbocycles. The summed E-state index contributed by atoms with van der Waals surface area (Å²) in [5, 5.41) is 7.70. The van der Waals surface area contributed by atoms with Crippen LogP contribution in [0.15, 0.2) is 0 Å². The van der Waals surface area contributed by atoms with E-state index in [1.54, 1.807) is 6.92 Å². The SMILES string of the molecule is CC(C(=O)N1CC(C(=O)O)O[C@H](C)C1)S(C)(=O)=O. The van der Waals surface area contributed by atoms with Crippen molar-refractivity contribution >= 4 is 21.7 Å². The zero-order chi connectivity index (χ0) is 14.1. The second-order valence-electron chi connectivity index (χ2n) is 4.49. The average Bonchev–Trinajstić information content (AvgIpc) is 2.24. The van der Waals surface area contributed by atoms with E-state index in [9.17, 15) is 18.0 Å². The standard InChI is InChI=1S/C10H17NO6S/c1-6-4-11(5-8(17-6)10(13)14)9(12)7(2)18(3,15)16/h6-8H,4-5H2,1-3H3,(H,13,14)/t6-,7?,8?/m1/s1. The molecular weight excluding hydrogens is 262 g/mol. The Kier molecular flexibility index (Phi) is 4.33. The van der Waals surface area contributed by atoms with Gasteiger partial charge in [0.05, 0.1) is 12.6 Å². The molecule has 104 valence electrons. The molecule has 7 nitrogen and oxygen atoms in total. The Balaban J connectivity index is 2.83. The molecule has 0 bridgehead atoms. The largest absolute Gasteiger partial charge is 0.479 e. The van der Waals surface area contributed by atoms with Crippen LogP contribution in [0, 0.1) is 0 Å². The molecule has 1 N–H and O–H groups in total. The van der Waals surface area contributed by atoms with Gasteiger partial charge in [-0.1, -0.05) is 0 Å². The van der Waals surface area contributed by atoms with E-state index < -0.39 is 39.2 Å². The van der Waals surface area contributed by atoms with Crippen molar-refractivity contribution < 1.29 is 27.9 Å². The fourth-order valence-corrected chi connectivity index (χ4v) is 2.22. The van der Waals surface area contributed by atoms with Crippen molar-refractivity contribution in [3.05, 3.63) is 0 Å². The highest BCUT2D eigenvalue weighted by atomic mass is 32.2. The molecule has 1 fully saturated rings. The van der Waals surface area contributed by atoms with E-state index in [1.807, 2.05) is 0 Å². The van der Waals surface area contributed by atoms with E-state index >= 15 is 0 Å². The van der Waals surface area contributed by atoms with Crippen LogP contribution in [-0.4, -0.2) is 67.1 Å². The third-order valence-corrected chi connectivity index (χ3v) is 4.32. The highest BCUT2D eigenvalue weighted by Crippen LogP contribution is 2.14. The molecule has 1 rings (SSSR count). The molecule has 0 radical (unpaired) electrons. The van der Waals surface area contributed by atoms with Crippen LogP contribution in [0.5, 0.6) is 0 Å². The lowest BCUT2D eigenvalue weighted by Gasteiger charge is -2.35. The molecule has 1 aliphatic heterocycles. The monoisotopic (exact) mass is 279 g/mol. The van der Waals surface area contributed by atoms with Gasteiger partial charge >= 0.3 is 5.97 Å². The Hall–Kier alpha value is -1.15. The summed E-state index contributed by atoms with van der Waals surface area (Å²) in [7, 11) is -3.49. The minimum absolute atomic E-state index is 0.127. The maximum atomic E-state index is 12.0. The van der Waals surface area contributed by atoms with Crippen LogP contribution in [0.2, 0.25) is 0 Å². The zero-order valence-corrected chi connectivity index (χ0v) is 11.3. The van der Waals surface area contributed by atoms with Crippen LogP contribution in [0.1, 0.15) is 13.8 Å². The van der Waals surface area contributed by atoms with Crippen LogP contribution in [0.25, 0.3) is 0 Å². The second-order valence-corrected chi connectivity index (χ2v) is 6.85. The average molecular weight is 279 g/mol. The van der Waals surface area contributed by atoms with Gasteiger partial charge in [-0.3, -0.25) is 4.79 Å². The van der Waals surface area contributed by atoms with Crippen molar-refractivity contribution in [1.82, 2.24) is 4.90 Å². The van der Waals surface area contributed by atoms with Gasteiger partial charge in [0.1, 0.15) is 5.25 Å². The van der Waals surface area contributed by atoms with E-state index in [0.29, 0.717) is 0 Å². The van der Waals surface area contributed by atoms with Crippen LogP contribution < -0.4 is 0 Å². The first-order chi connectivity index (χ1) is 8.12. The number of carboxylic acids is 1. The summed E-state index contributed by atoms with van der Waals surface area (Å²) in [6.07, 6.45) is -0.561. The summed E-state index contributed by atoms with van der Waals surface area (Å²) in [5.41, 5.74) is 0. The van der Waals surface area contributed by atoms with Gasteiger partial charge in [0.2, 0.25) is 5.91 Å². The first-order valence-electron chi connectivity index (χ1n) is 5.49. The Morgan fingerprint density at radius 3 is 2.39 bits per heavy atom. The molecule has 0 aromatic heterocycles. The molecule has 1 saturated heterocycles. The summed E-state index contributed by atoms with van der Waals surface area (Å²) >= 11 is 0.